The van der Waals surface area contributed by atoms with Gasteiger partial charge < -0.3 is 14.7 Å². The monoisotopic (exact) mass is 342 g/mol. The number of nitrogens with zero attached hydrogens (tertiary/aromatic N) is 2. The summed E-state index contributed by atoms with van der Waals surface area (Å²) < 4.78 is 5.71. The number of aryl methyl sites for hydroxylation is 2. The summed E-state index contributed by atoms with van der Waals surface area (Å²) >= 11 is 0. The summed E-state index contributed by atoms with van der Waals surface area (Å²) in [5.41, 5.74) is 1.75. The van der Waals surface area contributed by atoms with Crippen LogP contribution in [-0.4, -0.2) is 47.1 Å². The van der Waals surface area contributed by atoms with Crippen molar-refractivity contribution in [1.29, 1.82) is 0 Å². The third kappa shape index (κ3) is 4.79. The lowest BCUT2D eigenvalue weighted by Crippen LogP contribution is -2.29. The molecule has 1 aromatic carbocycles. The first-order valence-corrected chi connectivity index (χ1v) is 8.05. The van der Waals surface area contributed by atoms with Crippen LogP contribution in [0, 0.1) is 13.8 Å². The fourth-order valence-corrected chi connectivity index (χ4v) is 2.41. The van der Waals surface area contributed by atoms with E-state index in [9.17, 15) is 9.59 Å². The van der Waals surface area contributed by atoms with E-state index in [-0.39, 0.29) is 17.2 Å². The number of carboxylic acid groups (broad SMARTS) is 1. The van der Waals surface area contributed by atoms with Crippen molar-refractivity contribution < 1.29 is 19.4 Å². The van der Waals surface area contributed by atoms with Crippen molar-refractivity contribution in [2.24, 2.45) is 0 Å². The molecule has 1 aromatic heterocycles. The number of aromatic carboxylic acids is 1. The number of hydrogen-bond donors (Lipinski definition) is 1. The maximum absolute atomic E-state index is 12.4. The summed E-state index contributed by atoms with van der Waals surface area (Å²) in [5, 5.41) is 9.01. The Bertz CT molecular complexity index is 774. The number of amides is 1. The average molecular weight is 342 g/mol. The highest BCUT2D eigenvalue weighted by atomic mass is 16.5. The first kappa shape index (κ1) is 18.4. The molecule has 0 aliphatic heterocycles. The van der Waals surface area contributed by atoms with Gasteiger partial charge in [-0.05, 0) is 44.0 Å². The largest absolute Gasteiger partial charge is 0.493 e. The van der Waals surface area contributed by atoms with Crippen molar-refractivity contribution in [1.82, 2.24) is 9.88 Å². The van der Waals surface area contributed by atoms with Crippen LogP contribution in [0.1, 0.15) is 38.5 Å². The van der Waals surface area contributed by atoms with Crippen LogP contribution >= 0.6 is 0 Å². The Labute approximate surface area is 147 Å². The van der Waals surface area contributed by atoms with Gasteiger partial charge in [-0.2, -0.15) is 0 Å². The van der Waals surface area contributed by atoms with E-state index in [0.717, 1.165) is 11.3 Å². The van der Waals surface area contributed by atoms with Crippen molar-refractivity contribution in [2.45, 2.75) is 20.3 Å². The molecule has 6 heteroatoms. The predicted octanol–water partition coefficient (Wildman–Crippen LogP) is 2.94. The number of carboxylic acids is 1. The van der Waals surface area contributed by atoms with E-state index in [1.165, 1.54) is 12.1 Å². The number of para-hydroxylation sites is 1. The van der Waals surface area contributed by atoms with Crippen LogP contribution < -0.4 is 4.74 Å². The van der Waals surface area contributed by atoms with Crippen LogP contribution in [0.2, 0.25) is 0 Å². The van der Waals surface area contributed by atoms with Crippen molar-refractivity contribution in [3.8, 4) is 5.75 Å². The molecule has 0 saturated carbocycles. The molecular weight excluding hydrogens is 320 g/mol. The number of carbonyl (C=O) groups is 2. The molecule has 0 radical (unpaired) electrons. The zero-order valence-corrected chi connectivity index (χ0v) is 14.7. The van der Waals surface area contributed by atoms with E-state index in [1.54, 1.807) is 18.9 Å². The van der Waals surface area contributed by atoms with Gasteiger partial charge >= 0.3 is 5.97 Å². The second-order valence-corrected chi connectivity index (χ2v) is 5.83. The van der Waals surface area contributed by atoms with Gasteiger partial charge in [0.05, 0.1) is 17.9 Å². The van der Waals surface area contributed by atoms with Gasteiger partial charge in [-0.15, -0.1) is 0 Å². The number of ether oxygens (including phenoxy) is 1. The Morgan fingerprint density at radius 2 is 1.88 bits per heavy atom. The topological polar surface area (TPSA) is 79.7 Å². The summed E-state index contributed by atoms with van der Waals surface area (Å²) in [5.74, 6) is -0.445. The molecule has 132 valence electrons. The maximum atomic E-state index is 12.4. The van der Waals surface area contributed by atoms with Gasteiger partial charge in [0, 0.05) is 13.6 Å². The van der Waals surface area contributed by atoms with Gasteiger partial charge in [-0.3, -0.25) is 4.79 Å². The fourth-order valence-electron chi connectivity index (χ4n) is 2.41. The molecule has 0 bridgehead atoms. The number of rotatable bonds is 7. The Kier molecular flexibility index (Phi) is 6.11. The Morgan fingerprint density at radius 1 is 1.16 bits per heavy atom. The van der Waals surface area contributed by atoms with Gasteiger partial charge in [0.25, 0.3) is 5.91 Å². The van der Waals surface area contributed by atoms with E-state index in [1.807, 2.05) is 31.2 Å². The number of benzene rings is 1. The summed E-state index contributed by atoms with van der Waals surface area (Å²) in [6.07, 6.45) is 0.683. The smallest absolute Gasteiger partial charge is 0.337 e. The Balaban J connectivity index is 1.87. The average Bonchev–Trinajstić information content (AvgIpc) is 2.58. The highest BCUT2D eigenvalue weighted by molar-refractivity contribution is 5.94. The summed E-state index contributed by atoms with van der Waals surface area (Å²) in [6.45, 7) is 4.59. The lowest BCUT2D eigenvalue weighted by atomic mass is 10.2. The fraction of sp³-hybridized carbons (Fsp3) is 0.316. The van der Waals surface area contributed by atoms with Crippen LogP contribution in [0.4, 0.5) is 0 Å². The second-order valence-electron chi connectivity index (χ2n) is 5.83. The number of carbonyl (C=O) groups excluding carboxylic acids is 1. The lowest BCUT2D eigenvalue weighted by Gasteiger charge is -2.17. The van der Waals surface area contributed by atoms with Crippen molar-refractivity contribution in [3.63, 3.8) is 0 Å². The van der Waals surface area contributed by atoms with Crippen LogP contribution in [0.3, 0.4) is 0 Å². The van der Waals surface area contributed by atoms with Crippen LogP contribution in [0.25, 0.3) is 0 Å². The van der Waals surface area contributed by atoms with Crippen LogP contribution in [0.15, 0.2) is 36.4 Å². The molecule has 2 aromatic rings. The van der Waals surface area contributed by atoms with Crippen LogP contribution in [-0.2, 0) is 0 Å². The Hall–Kier alpha value is -2.89. The standard InChI is InChI=1S/C19H22N2O4/c1-13-7-4-5-8-17(13)25-12-6-11-21(3)18(22)16-10-9-15(19(23)24)14(2)20-16/h4-5,7-10H,6,11-12H2,1-3H3,(H,23,24). The highest BCUT2D eigenvalue weighted by Crippen LogP contribution is 2.16. The molecule has 6 nitrogen and oxygen atoms in total. The molecule has 0 saturated heterocycles. The van der Waals surface area contributed by atoms with E-state index >= 15 is 0 Å². The molecule has 0 atom stereocenters. The minimum absolute atomic E-state index is 0.103. The molecule has 1 amide bonds. The number of hydrogen-bond acceptors (Lipinski definition) is 4. The van der Waals surface area contributed by atoms with Gasteiger partial charge in [0.1, 0.15) is 11.4 Å². The van der Waals surface area contributed by atoms with Gasteiger partial charge in [-0.1, -0.05) is 18.2 Å². The van der Waals surface area contributed by atoms with E-state index in [0.29, 0.717) is 25.3 Å². The first-order chi connectivity index (χ1) is 11.9. The minimum Gasteiger partial charge on any atom is -0.493 e. The summed E-state index contributed by atoms with van der Waals surface area (Å²) in [4.78, 5) is 29.0. The number of aromatic nitrogens is 1. The molecule has 0 unspecified atom stereocenters. The predicted molar refractivity (Wildman–Crippen MR) is 94.2 cm³/mol. The maximum Gasteiger partial charge on any atom is 0.337 e. The lowest BCUT2D eigenvalue weighted by molar-refractivity contribution is 0.0693. The zero-order valence-electron chi connectivity index (χ0n) is 14.7. The summed E-state index contributed by atoms with van der Waals surface area (Å²) in [7, 11) is 1.69. The molecule has 0 aliphatic carbocycles. The van der Waals surface area contributed by atoms with Gasteiger partial charge in [0.2, 0.25) is 0 Å². The first-order valence-electron chi connectivity index (χ1n) is 8.05. The van der Waals surface area contributed by atoms with Crippen molar-refractivity contribution >= 4 is 11.9 Å². The Morgan fingerprint density at radius 3 is 2.52 bits per heavy atom. The molecule has 1 N–H and O–H groups in total. The van der Waals surface area contributed by atoms with Crippen molar-refractivity contribution in [3.05, 3.63) is 58.9 Å². The highest BCUT2D eigenvalue weighted by Gasteiger charge is 2.16. The molecular formula is C19H22N2O4. The van der Waals surface area contributed by atoms with E-state index < -0.39 is 5.97 Å². The molecule has 0 aliphatic rings. The normalized spacial score (nSPS) is 10.4. The minimum atomic E-state index is -1.05. The van der Waals surface area contributed by atoms with E-state index in [4.69, 9.17) is 9.84 Å². The summed E-state index contributed by atoms with van der Waals surface area (Å²) in [6, 6.07) is 10.6. The van der Waals surface area contributed by atoms with Gasteiger partial charge in [0.15, 0.2) is 0 Å². The van der Waals surface area contributed by atoms with Gasteiger partial charge in [-0.25, -0.2) is 9.78 Å². The SMILES string of the molecule is Cc1ccccc1OCCCN(C)C(=O)c1ccc(C(=O)O)c(C)n1. The third-order valence-corrected chi connectivity index (χ3v) is 3.87. The number of pyridine rings is 1. The molecule has 2 rings (SSSR count). The van der Waals surface area contributed by atoms with Crippen LogP contribution in [0.5, 0.6) is 5.75 Å². The zero-order chi connectivity index (χ0) is 18.4. The van der Waals surface area contributed by atoms with E-state index in [2.05, 4.69) is 4.98 Å². The molecule has 1 heterocycles. The van der Waals surface area contributed by atoms with Crippen molar-refractivity contribution in [2.75, 3.05) is 20.2 Å². The second kappa shape index (κ2) is 8.28. The third-order valence-electron chi connectivity index (χ3n) is 3.87. The molecule has 0 fully saturated rings. The quantitative estimate of drug-likeness (QED) is 0.783. The molecule has 0 spiro atoms. The molecule has 25 heavy (non-hydrogen) atoms.